The zero-order chi connectivity index (χ0) is 18.3. The Kier molecular flexibility index (Phi) is 14.4. The van der Waals surface area contributed by atoms with Crippen LogP contribution in [0.2, 0.25) is 0 Å². The van der Waals surface area contributed by atoms with Crippen LogP contribution in [0.25, 0.3) is 0 Å². The molecule has 0 saturated carbocycles. The Labute approximate surface area is 153 Å². The summed E-state index contributed by atoms with van der Waals surface area (Å²) < 4.78 is 0.171. The van der Waals surface area contributed by atoms with Gasteiger partial charge in [0.15, 0.2) is 0 Å². The SMILES string of the molecule is CCCCCCC(CCCC)(CCNC(C)=O)SCC(C=O)NC. The number of thioether (sulfide) groups is 1. The fourth-order valence-corrected chi connectivity index (χ4v) is 4.49. The zero-order valence-electron chi connectivity index (χ0n) is 16.2. The van der Waals surface area contributed by atoms with Crippen LogP contribution in [-0.4, -0.2) is 42.3 Å². The molecule has 0 aromatic rings. The number of rotatable bonds is 16. The van der Waals surface area contributed by atoms with Crippen LogP contribution < -0.4 is 10.6 Å². The van der Waals surface area contributed by atoms with Crippen molar-refractivity contribution in [3.05, 3.63) is 0 Å². The Morgan fingerprint density at radius 3 is 2.29 bits per heavy atom. The molecule has 0 bridgehead atoms. The lowest BCUT2D eigenvalue weighted by molar-refractivity contribution is -0.119. The first-order valence-electron chi connectivity index (χ1n) is 9.54. The Morgan fingerprint density at radius 2 is 1.75 bits per heavy atom. The minimum absolute atomic E-state index is 0.0383. The molecule has 0 aliphatic rings. The lowest BCUT2D eigenvalue weighted by Gasteiger charge is -2.35. The Bertz CT molecular complexity index is 339. The fourth-order valence-electron chi connectivity index (χ4n) is 2.89. The van der Waals surface area contributed by atoms with Gasteiger partial charge in [-0.15, -0.1) is 0 Å². The molecule has 24 heavy (non-hydrogen) atoms. The Hall–Kier alpha value is -0.550. The molecular weight excluding hydrogens is 320 g/mol. The van der Waals surface area contributed by atoms with E-state index in [2.05, 4.69) is 24.5 Å². The van der Waals surface area contributed by atoms with Crippen LogP contribution in [-0.2, 0) is 9.59 Å². The summed E-state index contributed by atoms with van der Waals surface area (Å²) in [6, 6.07) is -0.0904. The number of amides is 1. The summed E-state index contributed by atoms with van der Waals surface area (Å²) in [5, 5.41) is 6.03. The summed E-state index contributed by atoms with van der Waals surface area (Å²) in [5.74, 6) is 0.841. The van der Waals surface area contributed by atoms with Crippen LogP contribution >= 0.6 is 11.8 Å². The van der Waals surface area contributed by atoms with Crippen LogP contribution in [0.5, 0.6) is 0 Å². The second-order valence-corrected chi connectivity index (χ2v) is 8.16. The molecule has 2 atom stereocenters. The van der Waals surface area contributed by atoms with E-state index in [1.165, 1.54) is 44.9 Å². The summed E-state index contributed by atoms with van der Waals surface area (Å²) in [5.41, 5.74) is 0. The molecule has 0 aliphatic carbocycles. The topological polar surface area (TPSA) is 58.2 Å². The average molecular weight is 359 g/mol. The highest BCUT2D eigenvalue weighted by molar-refractivity contribution is 8.00. The van der Waals surface area contributed by atoms with Crippen molar-refractivity contribution in [2.45, 2.75) is 89.3 Å². The summed E-state index contributed by atoms with van der Waals surface area (Å²) in [6.45, 7) is 6.76. The monoisotopic (exact) mass is 358 g/mol. The second-order valence-electron chi connectivity index (χ2n) is 6.67. The largest absolute Gasteiger partial charge is 0.356 e. The number of likely N-dealkylation sites (N-methyl/N-ethyl adjacent to an activating group) is 1. The van der Waals surface area contributed by atoms with Crippen molar-refractivity contribution < 1.29 is 9.59 Å². The molecule has 0 aliphatic heterocycles. The summed E-state index contributed by atoms with van der Waals surface area (Å²) in [7, 11) is 1.84. The maximum absolute atomic E-state index is 11.2. The third-order valence-corrected chi connectivity index (χ3v) is 6.28. The van der Waals surface area contributed by atoms with E-state index in [4.69, 9.17) is 0 Å². The molecule has 142 valence electrons. The molecule has 0 saturated heterocycles. The third-order valence-electron chi connectivity index (χ3n) is 4.53. The van der Waals surface area contributed by atoms with Crippen molar-refractivity contribution in [3.63, 3.8) is 0 Å². The minimum Gasteiger partial charge on any atom is -0.356 e. The molecule has 5 heteroatoms. The number of carbonyl (C=O) groups is 2. The molecule has 2 N–H and O–H groups in total. The summed E-state index contributed by atoms with van der Waals surface area (Å²) in [4.78, 5) is 22.4. The molecule has 0 rings (SSSR count). The van der Waals surface area contributed by atoms with Gasteiger partial charge in [-0.2, -0.15) is 11.8 Å². The Morgan fingerprint density at radius 1 is 1.08 bits per heavy atom. The molecule has 0 aromatic carbocycles. The highest BCUT2D eigenvalue weighted by Crippen LogP contribution is 2.39. The normalized spacial score (nSPS) is 14.8. The van der Waals surface area contributed by atoms with Gasteiger partial charge in [0.05, 0.1) is 6.04 Å². The van der Waals surface area contributed by atoms with Crippen LogP contribution in [0.15, 0.2) is 0 Å². The highest BCUT2D eigenvalue weighted by atomic mass is 32.2. The molecule has 0 heterocycles. The molecule has 1 amide bonds. The lowest BCUT2D eigenvalue weighted by Crippen LogP contribution is -2.36. The molecular formula is C19H38N2O2S. The highest BCUT2D eigenvalue weighted by Gasteiger charge is 2.30. The minimum atomic E-state index is -0.0904. The first-order chi connectivity index (χ1) is 11.5. The van der Waals surface area contributed by atoms with E-state index >= 15 is 0 Å². The lowest BCUT2D eigenvalue weighted by atomic mass is 9.91. The third kappa shape index (κ3) is 11.1. The molecule has 4 nitrogen and oxygen atoms in total. The summed E-state index contributed by atoms with van der Waals surface area (Å²) in [6.07, 6.45) is 11.7. The quantitative estimate of drug-likeness (QED) is 0.324. The van der Waals surface area contributed by atoms with Gasteiger partial charge in [0, 0.05) is 24.0 Å². The van der Waals surface area contributed by atoms with E-state index in [1.807, 2.05) is 18.8 Å². The van der Waals surface area contributed by atoms with Gasteiger partial charge in [0.2, 0.25) is 5.91 Å². The standard InChI is InChI=1S/C19H38N2O2S/c1-5-7-9-10-12-19(11-8-6-2,13-14-21-17(3)23)24-16-18(15-22)20-4/h15,18,20H,5-14,16H2,1-4H3,(H,21,23). The van der Waals surface area contributed by atoms with E-state index in [0.717, 1.165) is 31.4 Å². The van der Waals surface area contributed by atoms with Crippen LogP contribution in [0.1, 0.15) is 78.6 Å². The van der Waals surface area contributed by atoms with Gasteiger partial charge in [-0.25, -0.2) is 0 Å². The maximum Gasteiger partial charge on any atom is 0.216 e. The number of aldehydes is 1. The van der Waals surface area contributed by atoms with Crippen molar-refractivity contribution in [1.29, 1.82) is 0 Å². The number of hydrogen-bond acceptors (Lipinski definition) is 4. The van der Waals surface area contributed by atoms with E-state index < -0.39 is 0 Å². The molecule has 0 aromatic heterocycles. The van der Waals surface area contributed by atoms with Crippen molar-refractivity contribution in [2.24, 2.45) is 0 Å². The number of hydrogen-bond donors (Lipinski definition) is 2. The molecule has 0 fully saturated rings. The van der Waals surface area contributed by atoms with Gasteiger partial charge in [-0.3, -0.25) is 4.79 Å². The first kappa shape index (κ1) is 23.4. The van der Waals surface area contributed by atoms with Gasteiger partial charge in [-0.1, -0.05) is 52.4 Å². The van der Waals surface area contributed by atoms with E-state index in [0.29, 0.717) is 0 Å². The van der Waals surface area contributed by atoms with E-state index in [9.17, 15) is 9.59 Å². The van der Waals surface area contributed by atoms with E-state index in [-0.39, 0.29) is 16.7 Å². The first-order valence-corrected chi connectivity index (χ1v) is 10.5. The van der Waals surface area contributed by atoms with Crippen molar-refractivity contribution in [2.75, 3.05) is 19.3 Å². The summed E-state index contributed by atoms with van der Waals surface area (Å²) >= 11 is 1.93. The van der Waals surface area contributed by atoms with Crippen LogP contribution in [0, 0.1) is 0 Å². The van der Waals surface area contributed by atoms with Crippen LogP contribution in [0.3, 0.4) is 0 Å². The smallest absolute Gasteiger partial charge is 0.216 e. The average Bonchev–Trinajstić information content (AvgIpc) is 2.57. The van der Waals surface area contributed by atoms with Crippen molar-refractivity contribution in [1.82, 2.24) is 10.6 Å². The molecule has 0 spiro atoms. The van der Waals surface area contributed by atoms with Crippen molar-refractivity contribution in [3.8, 4) is 0 Å². The van der Waals surface area contributed by atoms with Gasteiger partial charge in [0.25, 0.3) is 0 Å². The van der Waals surface area contributed by atoms with Gasteiger partial charge in [0.1, 0.15) is 6.29 Å². The number of nitrogens with one attached hydrogen (secondary N) is 2. The predicted molar refractivity (Wildman–Crippen MR) is 106 cm³/mol. The second kappa shape index (κ2) is 14.8. The van der Waals surface area contributed by atoms with Gasteiger partial charge >= 0.3 is 0 Å². The fraction of sp³-hybridized carbons (Fsp3) is 0.895. The maximum atomic E-state index is 11.2. The van der Waals surface area contributed by atoms with Gasteiger partial charge in [-0.05, 0) is 26.3 Å². The van der Waals surface area contributed by atoms with E-state index in [1.54, 1.807) is 6.92 Å². The van der Waals surface area contributed by atoms with Crippen LogP contribution in [0.4, 0.5) is 0 Å². The number of carbonyl (C=O) groups excluding carboxylic acids is 2. The zero-order valence-corrected chi connectivity index (χ0v) is 17.0. The predicted octanol–water partition coefficient (Wildman–Crippen LogP) is 3.93. The van der Waals surface area contributed by atoms with Gasteiger partial charge < -0.3 is 15.4 Å². The Balaban J connectivity index is 4.86. The molecule has 2 unspecified atom stereocenters. The molecule has 0 radical (unpaired) electrons. The van der Waals surface area contributed by atoms with Crippen molar-refractivity contribution >= 4 is 24.0 Å². The number of unbranched alkanes of at least 4 members (excludes halogenated alkanes) is 4.